The molecule has 2 amide bonds. The van der Waals surface area contributed by atoms with Gasteiger partial charge in [-0.05, 0) is 47.7 Å². The summed E-state index contributed by atoms with van der Waals surface area (Å²) in [7, 11) is 0. The van der Waals surface area contributed by atoms with Gasteiger partial charge >= 0.3 is 0 Å². The molecule has 2 aromatic carbocycles. The maximum Gasteiger partial charge on any atom is 0.227 e. The normalized spacial score (nSPS) is 14.7. The van der Waals surface area contributed by atoms with Gasteiger partial charge in [-0.1, -0.05) is 36.4 Å². The quantitative estimate of drug-likeness (QED) is 0.562. The summed E-state index contributed by atoms with van der Waals surface area (Å²) < 4.78 is 0. The van der Waals surface area contributed by atoms with E-state index < -0.39 is 0 Å². The third-order valence-electron chi connectivity index (χ3n) is 5.20. The summed E-state index contributed by atoms with van der Waals surface area (Å²) in [5.41, 5.74) is 2.82. The Morgan fingerprint density at radius 1 is 1.03 bits per heavy atom. The van der Waals surface area contributed by atoms with Crippen molar-refractivity contribution in [2.45, 2.75) is 25.3 Å². The van der Waals surface area contributed by atoms with E-state index in [1.165, 1.54) is 10.4 Å². The zero-order valence-electron chi connectivity index (χ0n) is 16.7. The molecule has 0 saturated carbocycles. The fourth-order valence-corrected chi connectivity index (χ4v) is 4.51. The molecule has 30 heavy (non-hydrogen) atoms. The molecule has 0 radical (unpaired) electrons. The molecule has 3 aromatic rings. The highest BCUT2D eigenvalue weighted by atomic mass is 32.1. The average Bonchev–Trinajstić information content (AvgIpc) is 3.44. The van der Waals surface area contributed by atoms with Crippen LogP contribution in [0.3, 0.4) is 0 Å². The lowest BCUT2D eigenvalue weighted by atomic mass is 10.1. The van der Waals surface area contributed by atoms with Crippen molar-refractivity contribution in [3.8, 4) is 0 Å². The Bertz CT molecular complexity index is 971. The van der Waals surface area contributed by atoms with Crippen LogP contribution in [0.1, 0.15) is 35.7 Å². The third-order valence-corrected chi connectivity index (χ3v) is 6.13. The van der Waals surface area contributed by atoms with Crippen molar-refractivity contribution in [1.29, 1.82) is 0 Å². The predicted octanol–water partition coefficient (Wildman–Crippen LogP) is 4.58. The Kier molecular flexibility index (Phi) is 6.57. The van der Waals surface area contributed by atoms with Crippen molar-refractivity contribution in [2.24, 2.45) is 0 Å². The smallest absolute Gasteiger partial charge is 0.227 e. The summed E-state index contributed by atoms with van der Waals surface area (Å²) in [6, 6.07) is 22.0. The summed E-state index contributed by atoms with van der Waals surface area (Å²) in [5.74, 6) is 0.127. The van der Waals surface area contributed by atoms with Crippen molar-refractivity contribution >= 4 is 34.5 Å². The monoisotopic (exact) mass is 419 g/mol. The van der Waals surface area contributed by atoms with E-state index in [1.54, 1.807) is 16.2 Å². The van der Waals surface area contributed by atoms with Gasteiger partial charge < -0.3 is 15.5 Å². The number of hydrogen-bond donors (Lipinski definition) is 2. The van der Waals surface area contributed by atoms with Crippen LogP contribution in [-0.2, 0) is 9.59 Å². The zero-order valence-corrected chi connectivity index (χ0v) is 17.5. The number of amides is 2. The molecule has 0 bridgehead atoms. The molecule has 4 rings (SSSR count). The SMILES string of the molecule is O=C(CCN[C@H](c1ccccc1)c1cccs1)Nc1ccc(N2CCCC2=O)cc1. The third kappa shape index (κ3) is 4.96. The fourth-order valence-electron chi connectivity index (χ4n) is 3.68. The van der Waals surface area contributed by atoms with Crippen LogP contribution in [-0.4, -0.2) is 24.9 Å². The first kappa shape index (κ1) is 20.3. The zero-order chi connectivity index (χ0) is 20.8. The van der Waals surface area contributed by atoms with E-state index in [9.17, 15) is 9.59 Å². The van der Waals surface area contributed by atoms with Gasteiger partial charge in [-0.3, -0.25) is 9.59 Å². The molecule has 0 aliphatic carbocycles. The second kappa shape index (κ2) is 9.69. The van der Waals surface area contributed by atoms with Crippen molar-refractivity contribution in [2.75, 3.05) is 23.3 Å². The highest BCUT2D eigenvalue weighted by Crippen LogP contribution is 2.26. The van der Waals surface area contributed by atoms with Crippen LogP contribution in [0, 0.1) is 0 Å². The number of carbonyl (C=O) groups excluding carboxylic acids is 2. The van der Waals surface area contributed by atoms with Gasteiger partial charge in [0.05, 0.1) is 6.04 Å². The molecular formula is C24H25N3O2S. The van der Waals surface area contributed by atoms with Gasteiger partial charge in [-0.15, -0.1) is 11.3 Å². The van der Waals surface area contributed by atoms with Crippen molar-refractivity contribution < 1.29 is 9.59 Å². The number of nitrogens with one attached hydrogen (secondary N) is 2. The van der Waals surface area contributed by atoms with E-state index in [-0.39, 0.29) is 17.9 Å². The standard InChI is InChI=1S/C24H25N3O2S/c28-22(26-19-10-12-20(13-11-19)27-16-4-9-23(27)29)14-15-25-24(21-8-5-17-30-21)18-6-2-1-3-7-18/h1-3,5-8,10-13,17,24-25H,4,9,14-16H2,(H,26,28)/t24-/m1/s1. The van der Waals surface area contributed by atoms with Gasteiger partial charge in [0.15, 0.2) is 0 Å². The lowest BCUT2D eigenvalue weighted by Crippen LogP contribution is -2.26. The molecular weight excluding hydrogens is 394 g/mol. The molecule has 1 aliphatic rings. The first-order valence-corrected chi connectivity index (χ1v) is 11.1. The Morgan fingerprint density at radius 3 is 2.50 bits per heavy atom. The topological polar surface area (TPSA) is 61.4 Å². The first-order chi connectivity index (χ1) is 14.7. The number of carbonyl (C=O) groups is 2. The second-order valence-electron chi connectivity index (χ2n) is 7.31. The van der Waals surface area contributed by atoms with E-state index >= 15 is 0 Å². The molecule has 6 heteroatoms. The van der Waals surface area contributed by atoms with Gasteiger partial charge in [-0.25, -0.2) is 0 Å². The minimum absolute atomic E-state index is 0.0366. The molecule has 5 nitrogen and oxygen atoms in total. The summed E-state index contributed by atoms with van der Waals surface area (Å²) >= 11 is 1.71. The van der Waals surface area contributed by atoms with Gasteiger partial charge in [0.2, 0.25) is 11.8 Å². The van der Waals surface area contributed by atoms with E-state index in [0.29, 0.717) is 19.4 Å². The molecule has 1 fully saturated rings. The maximum atomic E-state index is 12.4. The van der Waals surface area contributed by atoms with E-state index in [0.717, 1.165) is 24.3 Å². The fraction of sp³-hybridized carbons (Fsp3) is 0.250. The molecule has 1 saturated heterocycles. The van der Waals surface area contributed by atoms with Gasteiger partial charge in [0.25, 0.3) is 0 Å². The number of anilines is 2. The number of hydrogen-bond acceptors (Lipinski definition) is 4. The van der Waals surface area contributed by atoms with E-state index in [2.05, 4.69) is 34.2 Å². The molecule has 1 atom stereocenters. The van der Waals surface area contributed by atoms with Crippen LogP contribution in [0.15, 0.2) is 72.1 Å². The largest absolute Gasteiger partial charge is 0.326 e. The first-order valence-electron chi connectivity index (χ1n) is 10.2. The van der Waals surface area contributed by atoms with Crippen LogP contribution in [0.5, 0.6) is 0 Å². The van der Waals surface area contributed by atoms with Crippen molar-refractivity contribution in [3.63, 3.8) is 0 Å². The lowest BCUT2D eigenvalue weighted by molar-refractivity contribution is -0.117. The highest BCUT2D eigenvalue weighted by Gasteiger charge is 2.21. The van der Waals surface area contributed by atoms with Crippen LogP contribution < -0.4 is 15.5 Å². The summed E-state index contributed by atoms with van der Waals surface area (Å²) in [4.78, 5) is 27.3. The molecule has 154 valence electrons. The number of rotatable bonds is 8. The number of nitrogens with zero attached hydrogens (tertiary/aromatic N) is 1. The molecule has 0 spiro atoms. The minimum Gasteiger partial charge on any atom is -0.326 e. The maximum absolute atomic E-state index is 12.4. The summed E-state index contributed by atoms with van der Waals surface area (Å²) in [6.07, 6.45) is 1.89. The Hall–Kier alpha value is -2.96. The van der Waals surface area contributed by atoms with Gasteiger partial charge in [0, 0.05) is 42.2 Å². The van der Waals surface area contributed by atoms with Crippen LogP contribution in [0.2, 0.25) is 0 Å². The molecule has 0 unspecified atom stereocenters. The van der Waals surface area contributed by atoms with Crippen molar-refractivity contribution in [3.05, 3.63) is 82.6 Å². The molecule has 2 heterocycles. The van der Waals surface area contributed by atoms with Crippen LogP contribution >= 0.6 is 11.3 Å². The Morgan fingerprint density at radius 2 is 1.83 bits per heavy atom. The second-order valence-corrected chi connectivity index (χ2v) is 8.29. The van der Waals surface area contributed by atoms with E-state index in [1.807, 2.05) is 48.5 Å². The molecule has 1 aliphatic heterocycles. The molecule has 2 N–H and O–H groups in total. The Balaban J connectivity index is 1.30. The summed E-state index contributed by atoms with van der Waals surface area (Å²) in [5, 5.41) is 8.52. The van der Waals surface area contributed by atoms with E-state index in [4.69, 9.17) is 0 Å². The summed E-state index contributed by atoms with van der Waals surface area (Å²) in [6.45, 7) is 1.34. The predicted molar refractivity (Wildman–Crippen MR) is 122 cm³/mol. The molecule has 1 aromatic heterocycles. The minimum atomic E-state index is -0.0366. The van der Waals surface area contributed by atoms with Gasteiger partial charge in [0.1, 0.15) is 0 Å². The lowest BCUT2D eigenvalue weighted by Gasteiger charge is -2.18. The Labute approximate surface area is 180 Å². The van der Waals surface area contributed by atoms with Crippen LogP contribution in [0.25, 0.3) is 0 Å². The number of benzene rings is 2. The number of thiophene rings is 1. The van der Waals surface area contributed by atoms with Crippen LogP contribution in [0.4, 0.5) is 11.4 Å². The average molecular weight is 420 g/mol. The van der Waals surface area contributed by atoms with Gasteiger partial charge in [-0.2, -0.15) is 0 Å². The van der Waals surface area contributed by atoms with Crippen molar-refractivity contribution in [1.82, 2.24) is 5.32 Å². The highest BCUT2D eigenvalue weighted by molar-refractivity contribution is 7.10.